The lowest BCUT2D eigenvalue weighted by Gasteiger charge is -2.05. The van der Waals surface area contributed by atoms with Crippen molar-refractivity contribution in [3.63, 3.8) is 0 Å². The van der Waals surface area contributed by atoms with Gasteiger partial charge in [-0.15, -0.1) is 0 Å². The van der Waals surface area contributed by atoms with Crippen LogP contribution in [-0.4, -0.2) is 39.6 Å². The second kappa shape index (κ2) is 19.9. The second-order valence-electron chi connectivity index (χ2n) is 5.37. The Morgan fingerprint density at radius 2 is 0.667 bits per heavy atom. The quantitative estimate of drug-likeness (QED) is 0.346. The van der Waals surface area contributed by atoms with E-state index in [0.717, 1.165) is 65.3 Å². The number of hydrogen-bond acceptors (Lipinski definition) is 3. The lowest BCUT2D eigenvalue weighted by molar-refractivity contribution is 0.117. The zero-order valence-corrected chi connectivity index (χ0v) is 14.0. The summed E-state index contributed by atoms with van der Waals surface area (Å²) in [5, 5.41) is 0. The maximum Gasteiger partial charge on any atom is 0.0466 e. The van der Waals surface area contributed by atoms with Crippen molar-refractivity contribution in [2.24, 2.45) is 0 Å². The van der Waals surface area contributed by atoms with Crippen LogP contribution in [-0.2, 0) is 14.2 Å². The van der Waals surface area contributed by atoms with Gasteiger partial charge in [-0.3, -0.25) is 0 Å². The fourth-order valence-corrected chi connectivity index (χ4v) is 2.03. The van der Waals surface area contributed by atoms with Gasteiger partial charge in [-0.2, -0.15) is 0 Å². The van der Waals surface area contributed by atoms with Crippen molar-refractivity contribution in [2.45, 2.75) is 64.2 Å². The third kappa shape index (κ3) is 19.9. The van der Waals surface area contributed by atoms with Gasteiger partial charge in [0.25, 0.3) is 0 Å². The number of ether oxygens (including phenoxy) is 3. The molecule has 3 heteroatoms. The Balaban J connectivity index is 2.90. The van der Waals surface area contributed by atoms with E-state index in [4.69, 9.17) is 14.2 Å². The molecule has 0 N–H and O–H groups in total. The first-order valence-corrected chi connectivity index (χ1v) is 8.73. The molecule has 0 saturated carbocycles. The Labute approximate surface area is 132 Å². The highest BCUT2D eigenvalue weighted by Gasteiger charge is 1.94. The minimum Gasteiger partial charge on any atom is -0.381 e. The number of unbranched alkanes of at least 4 members (excludes halogenated alkanes) is 6. The minimum atomic E-state index is 0.797. The molecule has 3 nitrogen and oxygen atoms in total. The molecule has 0 atom stereocenters. The molecule has 0 aliphatic heterocycles. The Hall–Kier alpha value is -0.120. The highest BCUT2D eigenvalue weighted by atomic mass is 16.5. The number of rotatable bonds is 18. The summed E-state index contributed by atoms with van der Waals surface area (Å²) in [6.07, 6.45) is 11.4. The van der Waals surface area contributed by atoms with E-state index in [1.54, 1.807) is 0 Å². The van der Waals surface area contributed by atoms with Crippen LogP contribution in [0.4, 0.5) is 0 Å². The highest BCUT2D eigenvalue weighted by molar-refractivity contribution is 4.46. The highest BCUT2D eigenvalue weighted by Crippen LogP contribution is 2.03. The van der Waals surface area contributed by atoms with Crippen LogP contribution in [0.5, 0.6) is 0 Å². The Morgan fingerprint density at radius 1 is 0.381 bits per heavy atom. The molecular formula is C18H36O3. The SMILES string of the molecule is [CH2]CCOCCCCCCOCCCCCCOCC[CH2]. The number of hydrogen-bond donors (Lipinski definition) is 0. The van der Waals surface area contributed by atoms with Crippen molar-refractivity contribution in [3.8, 4) is 0 Å². The van der Waals surface area contributed by atoms with Gasteiger partial charge < -0.3 is 14.2 Å². The topological polar surface area (TPSA) is 27.7 Å². The molecule has 0 spiro atoms. The van der Waals surface area contributed by atoms with E-state index >= 15 is 0 Å². The molecule has 0 aromatic heterocycles. The lowest BCUT2D eigenvalue weighted by atomic mass is 10.2. The Bertz CT molecular complexity index is 156. The van der Waals surface area contributed by atoms with E-state index in [1.165, 1.54) is 38.5 Å². The first-order valence-electron chi connectivity index (χ1n) is 8.73. The van der Waals surface area contributed by atoms with Crippen molar-refractivity contribution in [3.05, 3.63) is 13.8 Å². The molecule has 0 fully saturated rings. The molecule has 0 aliphatic rings. The third-order valence-electron chi connectivity index (χ3n) is 3.23. The molecule has 0 heterocycles. The fraction of sp³-hybridized carbons (Fsp3) is 0.889. The van der Waals surface area contributed by atoms with Gasteiger partial charge in [0.1, 0.15) is 0 Å². The summed E-state index contributed by atoms with van der Waals surface area (Å²) in [6, 6.07) is 0. The van der Waals surface area contributed by atoms with Crippen LogP contribution in [0.25, 0.3) is 0 Å². The summed E-state index contributed by atoms with van der Waals surface area (Å²) in [5.74, 6) is 0. The van der Waals surface area contributed by atoms with E-state index in [0.29, 0.717) is 0 Å². The smallest absolute Gasteiger partial charge is 0.0466 e. The summed E-state index contributed by atoms with van der Waals surface area (Å²) < 4.78 is 16.4. The molecule has 0 aromatic rings. The fourth-order valence-electron chi connectivity index (χ4n) is 2.03. The normalized spacial score (nSPS) is 11.1. The van der Waals surface area contributed by atoms with Crippen molar-refractivity contribution < 1.29 is 14.2 Å². The van der Waals surface area contributed by atoms with E-state index in [-0.39, 0.29) is 0 Å². The molecule has 0 saturated heterocycles. The largest absolute Gasteiger partial charge is 0.381 e. The summed E-state index contributed by atoms with van der Waals surface area (Å²) in [6.45, 7) is 12.7. The maximum atomic E-state index is 5.64. The zero-order valence-electron chi connectivity index (χ0n) is 14.0. The van der Waals surface area contributed by atoms with Crippen LogP contribution in [0.2, 0.25) is 0 Å². The van der Waals surface area contributed by atoms with E-state index in [9.17, 15) is 0 Å². The second-order valence-corrected chi connectivity index (χ2v) is 5.37. The lowest BCUT2D eigenvalue weighted by Crippen LogP contribution is -1.99. The van der Waals surface area contributed by atoms with Crippen LogP contribution in [0.15, 0.2) is 0 Å². The molecular weight excluding hydrogens is 264 g/mol. The molecule has 126 valence electrons. The summed E-state index contributed by atoms with van der Waals surface area (Å²) >= 11 is 0. The van der Waals surface area contributed by atoms with Gasteiger partial charge in [0, 0.05) is 39.6 Å². The average molecular weight is 300 g/mol. The Kier molecular flexibility index (Phi) is 19.8. The molecule has 0 amide bonds. The first kappa shape index (κ1) is 20.9. The molecule has 2 radical (unpaired) electrons. The van der Waals surface area contributed by atoms with Gasteiger partial charge in [0.05, 0.1) is 0 Å². The predicted molar refractivity (Wildman–Crippen MR) is 89.3 cm³/mol. The van der Waals surface area contributed by atoms with Crippen molar-refractivity contribution in [1.82, 2.24) is 0 Å². The monoisotopic (exact) mass is 300 g/mol. The molecule has 0 aromatic carbocycles. The molecule has 0 unspecified atom stereocenters. The molecule has 0 aliphatic carbocycles. The van der Waals surface area contributed by atoms with Gasteiger partial charge in [-0.25, -0.2) is 0 Å². The minimum absolute atomic E-state index is 0.797. The van der Waals surface area contributed by atoms with E-state index < -0.39 is 0 Å². The van der Waals surface area contributed by atoms with Crippen molar-refractivity contribution >= 4 is 0 Å². The molecule has 21 heavy (non-hydrogen) atoms. The molecule has 0 rings (SSSR count). The summed E-state index contributed by atoms with van der Waals surface area (Å²) in [4.78, 5) is 0. The standard InChI is InChI=1S/C18H36O3/c1-3-13-19-15-9-5-7-11-17-21-18-12-8-6-10-16-20-14-4-2/h1-18H2. The van der Waals surface area contributed by atoms with Gasteiger partial charge in [0.2, 0.25) is 0 Å². The predicted octanol–water partition coefficient (Wildman–Crippen LogP) is 4.61. The van der Waals surface area contributed by atoms with Gasteiger partial charge >= 0.3 is 0 Å². The van der Waals surface area contributed by atoms with Crippen LogP contribution in [0, 0.1) is 13.8 Å². The van der Waals surface area contributed by atoms with Gasteiger partial charge in [0.15, 0.2) is 0 Å². The van der Waals surface area contributed by atoms with E-state index in [1.807, 2.05) is 0 Å². The third-order valence-corrected chi connectivity index (χ3v) is 3.23. The average Bonchev–Trinajstić information content (AvgIpc) is 2.50. The molecule has 0 bridgehead atoms. The van der Waals surface area contributed by atoms with Gasteiger partial charge in [-0.05, 0) is 38.5 Å². The van der Waals surface area contributed by atoms with Crippen molar-refractivity contribution in [2.75, 3.05) is 39.6 Å². The van der Waals surface area contributed by atoms with Crippen LogP contribution >= 0.6 is 0 Å². The zero-order chi connectivity index (χ0) is 15.4. The maximum absolute atomic E-state index is 5.64. The summed E-state index contributed by atoms with van der Waals surface area (Å²) in [5.41, 5.74) is 0. The first-order chi connectivity index (χ1) is 10.4. The van der Waals surface area contributed by atoms with Gasteiger partial charge in [-0.1, -0.05) is 39.5 Å². The van der Waals surface area contributed by atoms with Crippen LogP contribution in [0.3, 0.4) is 0 Å². The van der Waals surface area contributed by atoms with Crippen LogP contribution in [0.1, 0.15) is 64.2 Å². The van der Waals surface area contributed by atoms with E-state index in [2.05, 4.69) is 13.8 Å². The summed E-state index contributed by atoms with van der Waals surface area (Å²) in [7, 11) is 0. The van der Waals surface area contributed by atoms with Crippen LogP contribution < -0.4 is 0 Å². The Morgan fingerprint density at radius 3 is 0.952 bits per heavy atom. The van der Waals surface area contributed by atoms with Crippen molar-refractivity contribution in [1.29, 1.82) is 0 Å².